The number of aromatic nitrogens is 14. The second kappa shape index (κ2) is 32.6. The van der Waals surface area contributed by atoms with Gasteiger partial charge in [-0.3, -0.25) is 46.8 Å². The summed E-state index contributed by atoms with van der Waals surface area (Å²) in [6, 6.07) is 15.7. The van der Waals surface area contributed by atoms with Gasteiger partial charge < -0.3 is 24.7 Å². The van der Waals surface area contributed by atoms with Gasteiger partial charge in [-0.1, -0.05) is 70.8 Å². The van der Waals surface area contributed by atoms with Crippen LogP contribution >= 0.6 is 11.6 Å². The molecule has 0 aliphatic carbocycles. The van der Waals surface area contributed by atoms with Crippen molar-refractivity contribution in [3.63, 3.8) is 0 Å². The second-order valence-electron chi connectivity index (χ2n) is 18.9. The van der Waals surface area contributed by atoms with E-state index in [1.807, 2.05) is 6.92 Å². The molecule has 0 bridgehead atoms. The van der Waals surface area contributed by atoms with Crippen molar-refractivity contribution in [2.45, 2.75) is 114 Å². The fraction of sp³-hybridized carbons (Fsp3) is 0.305. The zero-order chi connectivity index (χ0) is 62.7. The quantitative estimate of drug-likeness (QED) is 0.0310. The minimum atomic E-state index is -4.49. The summed E-state index contributed by atoms with van der Waals surface area (Å²) in [5, 5.41) is 8.46. The first-order valence-corrected chi connectivity index (χ1v) is 27.2. The molecule has 0 atom stereocenters. The Kier molecular flexibility index (Phi) is 26.6. The maximum Gasteiger partial charge on any atom is 1.00 e. The Morgan fingerprint density at radius 1 is 0.604 bits per heavy atom. The summed E-state index contributed by atoms with van der Waals surface area (Å²) in [5.74, 6) is -0.533. The van der Waals surface area contributed by atoms with Gasteiger partial charge in [0.05, 0.1) is 59.6 Å². The zero-order valence-corrected chi connectivity index (χ0v) is 50.9. The van der Waals surface area contributed by atoms with E-state index in [1.165, 1.54) is 84.5 Å². The molecular weight excluding hydrogens is 1240 g/mol. The number of ether oxygens (including phenoxy) is 2. The van der Waals surface area contributed by atoms with Gasteiger partial charge in [-0.05, 0) is 80.4 Å². The number of carbonyl (C=O) groups excluding carboxylic acids is 3. The van der Waals surface area contributed by atoms with Crippen LogP contribution in [-0.4, -0.2) is 96.8 Å². The summed E-state index contributed by atoms with van der Waals surface area (Å²) in [4.78, 5) is 105. The number of rotatable bonds is 17. The van der Waals surface area contributed by atoms with Gasteiger partial charge in [0.2, 0.25) is 0 Å². The molecule has 0 amide bonds. The molecule has 91 heavy (non-hydrogen) atoms. The van der Waals surface area contributed by atoms with E-state index < -0.39 is 70.8 Å². The molecule has 0 radical (unpaired) electrons. The van der Waals surface area contributed by atoms with Gasteiger partial charge >= 0.3 is 65.4 Å². The molecule has 0 saturated heterocycles. The first-order chi connectivity index (χ1) is 41.6. The Morgan fingerprint density at radius 3 is 1.53 bits per heavy atom. The van der Waals surface area contributed by atoms with Crippen LogP contribution in [0.25, 0.3) is 45.1 Å². The molecule has 0 aliphatic rings. The van der Waals surface area contributed by atoms with Gasteiger partial charge in [-0.25, -0.2) is 33.7 Å². The van der Waals surface area contributed by atoms with E-state index in [1.54, 1.807) is 63.7 Å². The summed E-state index contributed by atoms with van der Waals surface area (Å²) in [6.45, 7) is 7.41. The molecule has 0 saturated carbocycles. The minimum Gasteiger partial charge on any atom is -0.870 e. The topological polar surface area (TPSA) is 285 Å². The molecule has 2 aromatic carbocycles. The normalized spacial score (nSPS) is 11.0. The van der Waals surface area contributed by atoms with Crippen LogP contribution in [0.3, 0.4) is 0 Å². The third kappa shape index (κ3) is 16.8. The minimum absolute atomic E-state index is 0. The Labute approximate surface area is 541 Å². The van der Waals surface area contributed by atoms with E-state index in [9.17, 15) is 59.9 Å². The number of hydrogen-bond donors (Lipinski definition) is 0. The first-order valence-electron chi connectivity index (χ1n) is 26.6. The number of halogens is 7. The van der Waals surface area contributed by atoms with Crippen molar-refractivity contribution in [1.29, 1.82) is 0 Å². The third-order valence-corrected chi connectivity index (χ3v) is 13.1. The van der Waals surface area contributed by atoms with Crippen molar-refractivity contribution in [2.24, 2.45) is 0 Å². The summed E-state index contributed by atoms with van der Waals surface area (Å²) < 4.78 is 99.2. The van der Waals surface area contributed by atoms with Crippen LogP contribution in [0.4, 0.5) is 31.1 Å². The predicted molar refractivity (Wildman–Crippen MR) is 319 cm³/mol. The molecule has 1 N–H and O–H groups in total. The van der Waals surface area contributed by atoms with Crippen molar-refractivity contribution in [2.75, 3.05) is 6.07 Å². The molecule has 0 spiro atoms. The number of pyridine rings is 2. The van der Waals surface area contributed by atoms with Gasteiger partial charge in [0, 0.05) is 51.0 Å². The Hall–Kier alpha value is -9.10. The molecular formula is C59H61ClF6N14NaO10-. The average Bonchev–Trinajstić information content (AvgIpc) is 1.61. The van der Waals surface area contributed by atoms with Crippen LogP contribution in [0.15, 0.2) is 142 Å². The van der Waals surface area contributed by atoms with Gasteiger partial charge in [-0.2, -0.15) is 42.6 Å². The number of aryl methyl sites for hydroxylation is 2. The van der Waals surface area contributed by atoms with E-state index in [4.69, 9.17) is 21.1 Å². The molecule has 0 fully saturated rings. The summed E-state index contributed by atoms with van der Waals surface area (Å²) in [6.07, 6.45) is 4.52. The van der Waals surface area contributed by atoms with E-state index in [0.717, 1.165) is 38.0 Å². The van der Waals surface area contributed by atoms with Crippen LogP contribution < -0.4 is 52.1 Å². The maximum absolute atomic E-state index is 13.6. The molecule has 478 valence electrons. The monoisotopic (exact) mass is 1300 g/mol. The number of hydrogen-bond acceptors (Lipinski definition) is 16. The molecule has 8 heterocycles. The molecule has 0 unspecified atom stereocenters. The number of imidazole rings is 2. The van der Waals surface area contributed by atoms with Crippen molar-refractivity contribution in [1.82, 2.24) is 66.9 Å². The Morgan fingerprint density at radius 2 is 1.09 bits per heavy atom. The van der Waals surface area contributed by atoms with Crippen molar-refractivity contribution in [3.8, 4) is 22.8 Å². The number of nitrogens with zero attached hydrogens (tertiary/aromatic N) is 14. The number of carbonyl (C=O) groups is 2. The molecule has 24 nitrogen and oxygen atoms in total. The smallest absolute Gasteiger partial charge is 0.870 e. The van der Waals surface area contributed by atoms with Crippen molar-refractivity contribution < 1.29 is 85.2 Å². The number of alkyl halides is 7. The van der Waals surface area contributed by atoms with Crippen LogP contribution in [0.1, 0.15) is 93.6 Å². The summed E-state index contributed by atoms with van der Waals surface area (Å²) in [7, 11) is 0. The fourth-order valence-electron chi connectivity index (χ4n) is 9.08. The molecule has 10 aromatic rings. The van der Waals surface area contributed by atoms with E-state index in [0.29, 0.717) is 35.1 Å². The van der Waals surface area contributed by atoms with E-state index in [2.05, 4.69) is 30.1 Å². The Bertz CT molecular complexity index is 4370. The second-order valence-corrected chi connectivity index (χ2v) is 19.1. The average molecular weight is 1300 g/mol. The third-order valence-electron chi connectivity index (χ3n) is 13.0. The van der Waals surface area contributed by atoms with Crippen LogP contribution in [0, 0.1) is 0 Å². The largest absolute Gasteiger partial charge is 1.00 e. The SMILES string of the molecule is C.C.CCCn1c(=O)c2c(nc(-c3cnn(Cc4cccc(C(F)(F)F)c4)c3)n2C(=O)OCCl)n(CC)c1=O.CCCn1c(=O)c2c(nc(-c3cnn(Cc4cccc(C(F)(F)F)c4)c3)n2COC(=O)c2cccnc2)n(CC)c1=O.O=[C-]c1cccnc1.[Na+].[OH-]. The number of fused-ring (bicyclic) bond motifs is 2. The molecule has 10 rings (SSSR count). The number of esters is 1. The van der Waals surface area contributed by atoms with E-state index in [-0.39, 0.29) is 134 Å². The van der Waals surface area contributed by atoms with Crippen LogP contribution in [-0.2, 0) is 72.6 Å². The van der Waals surface area contributed by atoms with Gasteiger partial charge in [0.1, 0.15) is 5.82 Å². The van der Waals surface area contributed by atoms with Gasteiger partial charge in [0.15, 0.2) is 40.9 Å². The van der Waals surface area contributed by atoms with Crippen molar-refractivity contribution >= 4 is 52.3 Å². The number of benzene rings is 2. The predicted octanol–water partition coefficient (Wildman–Crippen LogP) is 6.47. The maximum atomic E-state index is 13.6. The molecule has 0 aliphatic heterocycles. The molecule has 32 heteroatoms. The van der Waals surface area contributed by atoms with Gasteiger partial charge in [0.25, 0.3) is 11.1 Å². The van der Waals surface area contributed by atoms with Crippen LogP contribution in [0.5, 0.6) is 0 Å². The van der Waals surface area contributed by atoms with Crippen molar-refractivity contribution in [3.05, 3.63) is 197 Å². The fourth-order valence-corrected chi connectivity index (χ4v) is 9.17. The zero-order valence-electron chi connectivity index (χ0n) is 48.1. The summed E-state index contributed by atoms with van der Waals surface area (Å²) in [5.41, 5.74) is -1.87. The van der Waals surface area contributed by atoms with Crippen LogP contribution in [0.2, 0.25) is 0 Å². The Balaban J connectivity index is 0.000000334. The molecule has 8 aromatic heterocycles. The standard InChI is InChI=1S/C28H26F3N7O4.C23H22ClF3N6O4.C6H4NO.2CH4.Na.H2O/c1-3-11-37-25(39)22-24(36(4-2)27(37)41)34-23(38(22)17-42-26(40)19-8-6-10-32-13-19)20-14-33-35(16-20)15-18-7-5-9-21(12-18)28(29,30)31;1-3-8-32-20(34)17-19(31(4-2)21(32)35)29-18(33(17)22(36)37-13-24)15-10-28-30(12-15)11-14-6-5-7-16(9-14)23(25,26)27;8-5-6-2-1-3-7-4-6;;;;/h5-10,12-14,16H,3-4,11,15,17H2,1-2H3;5-7,9-10,12H,3-4,8,11,13H2,1-2H3;1-4H;2*1H4;;1H2/q;;-1;;;+1;/p-1. The first kappa shape index (κ1) is 74.4. The summed E-state index contributed by atoms with van der Waals surface area (Å²) >= 11 is 5.59. The van der Waals surface area contributed by atoms with Gasteiger partial charge in [-0.15, -0.1) is 11.6 Å². The van der Waals surface area contributed by atoms with E-state index >= 15 is 0 Å².